The first-order valence-electron chi connectivity index (χ1n) is 11.2. The zero-order chi connectivity index (χ0) is 24.5. The molecule has 0 aliphatic carbocycles. The molecule has 176 valence electrons. The summed E-state index contributed by atoms with van der Waals surface area (Å²) >= 11 is 6.16. The van der Waals surface area contributed by atoms with Crippen LogP contribution in [-0.4, -0.2) is 33.5 Å². The number of methoxy groups -OCH3 is 1. The number of nitrogens with one attached hydrogen (secondary N) is 1. The van der Waals surface area contributed by atoms with Gasteiger partial charge in [-0.3, -0.25) is 14.4 Å². The first kappa shape index (κ1) is 22.8. The molecule has 1 amide bonds. The molecule has 1 N–H and O–H groups in total. The third-order valence-electron chi connectivity index (χ3n) is 5.96. The quantitative estimate of drug-likeness (QED) is 0.406. The molecule has 0 radical (unpaired) electrons. The van der Waals surface area contributed by atoms with E-state index in [4.69, 9.17) is 21.3 Å². The van der Waals surface area contributed by atoms with Crippen LogP contribution in [0.15, 0.2) is 71.7 Å². The molecule has 0 saturated carbocycles. The molecule has 1 aliphatic rings. The molecular weight excluding hydrogens is 462 g/mol. The van der Waals surface area contributed by atoms with Crippen LogP contribution in [0, 0.1) is 13.8 Å². The Balaban J connectivity index is 1.61. The van der Waals surface area contributed by atoms with Gasteiger partial charge in [0.25, 0.3) is 0 Å². The number of amides is 1. The molecule has 35 heavy (non-hydrogen) atoms. The van der Waals surface area contributed by atoms with Crippen LogP contribution in [0.2, 0.25) is 5.02 Å². The molecule has 1 aromatic heterocycles. The maximum Gasteiger partial charge on any atom is 0.227 e. The Morgan fingerprint density at radius 1 is 1.03 bits per heavy atom. The molecule has 0 bridgehead atoms. The van der Waals surface area contributed by atoms with E-state index in [0.717, 1.165) is 33.8 Å². The summed E-state index contributed by atoms with van der Waals surface area (Å²) in [6.45, 7) is 3.90. The molecule has 5 rings (SSSR count). The van der Waals surface area contributed by atoms with E-state index in [0.29, 0.717) is 22.4 Å². The number of nitrogens with zero attached hydrogens (tertiary/aromatic N) is 4. The van der Waals surface area contributed by atoms with Gasteiger partial charge in [0.15, 0.2) is 5.82 Å². The van der Waals surface area contributed by atoms with Gasteiger partial charge >= 0.3 is 0 Å². The lowest BCUT2D eigenvalue weighted by Crippen LogP contribution is -2.17. The third-order valence-corrected chi connectivity index (χ3v) is 6.22. The van der Waals surface area contributed by atoms with Crippen LogP contribution in [0.5, 0.6) is 5.75 Å². The summed E-state index contributed by atoms with van der Waals surface area (Å²) in [6, 6.07) is 20.5. The zero-order valence-corrected chi connectivity index (χ0v) is 20.4. The van der Waals surface area contributed by atoms with Crippen LogP contribution in [0.25, 0.3) is 5.69 Å². The molecule has 0 fully saturated rings. The number of ether oxygens (including phenoxy) is 1. The smallest absolute Gasteiger partial charge is 0.227 e. The van der Waals surface area contributed by atoms with Crippen LogP contribution in [0.3, 0.4) is 0 Å². The maximum atomic E-state index is 13.1. The standard InChI is InChI=1S/C27H24ClN5O2/c1-16-4-10-20(11-5-16)29-25(34)15-23-27-32-31-17(2)33(27)24-13-12-21(35-3)14-22(24)26(30-23)18-6-8-19(28)9-7-18/h4-14,23H,15H2,1-3H3,(H,29,34)/t23-/m1/s1. The SMILES string of the molecule is COc1ccc2c(c1)C(c1ccc(Cl)cc1)=N[C@H](CC(=O)Nc1ccc(C)cc1)c1nnc(C)n1-2. The van der Waals surface area contributed by atoms with Crippen LogP contribution in [-0.2, 0) is 4.79 Å². The molecule has 4 aromatic rings. The highest BCUT2D eigenvalue weighted by atomic mass is 35.5. The maximum absolute atomic E-state index is 13.1. The monoisotopic (exact) mass is 485 g/mol. The number of aromatic nitrogens is 3. The van der Waals surface area contributed by atoms with E-state index in [-0.39, 0.29) is 12.3 Å². The van der Waals surface area contributed by atoms with Gasteiger partial charge in [0.1, 0.15) is 17.6 Å². The Morgan fingerprint density at radius 3 is 2.49 bits per heavy atom. The van der Waals surface area contributed by atoms with Crippen molar-refractivity contribution in [3.8, 4) is 11.4 Å². The van der Waals surface area contributed by atoms with Crippen molar-refractivity contribution in [3.05, 3.63) is 100 Å². The molecule has 3 aromatic carbocycles. The molecule has 7 nitrogen and oxygen atoms in total. The van der Waals surface area contributed by atoms with Gasteiger partial charge in [0.05, 0.1) is 24.9 Å². The number of hydrogen-bond acceptors (Lipinski definition) is 5. The molecular formula is C27H24ClN5O2. The van der Waals surface area contributed by atoms with Crippen molar-refractivity contribution in [3.63, 3.8) is 0 Å². The predicted molar refractivity (Wildman–Crippen MR) is 137 cm³/mol. The highest BCUT2D eigenvalue weighted by Crippen LogP contribution is 2.34. The van der Waals surface area contributed by atoms with Gasteiger partial charge in [-0.2, -0.15) is 0 Å². The van der Waals surface area contributed by atoms with Gasteiger partial charge < -0.3 is 10.1 Å². The van der Waals surface area contributed by atoms with Gasteiger partial charge in [-0.15, -0.1) is 10.2 Å². The summed E-state index contributed by atoms with van der Waals surface area (Å²) in [7, 11) is 1.63. The number of hydrogen-bond donors (Lipinski definition) is 1. The fraction of sp³-hybridized carbons (Fsp3) is 0.185. The second kappa shape index (κ2) is 9.35. The average molecular weight is 486 g/mol. The number of benzene rings is 3. The van der Waals surface area contributed by atoms with Crippen molar-refractivity contribution in [2.75, 3.05) is 12.4 Å². The van der Waals surface area contributed by atoms with Gasteiger partial charge in [-0.25, -0.2) is 0 Å². The highest BCUT2D eigenvalue weighted by Gasteiger charge is 2.30. The summed E-state index contributed by atoms with van der Waals surface area (Å²) in [5.74, 6) is 1.86. The summed E-state index contributed by atoms with van der Waals surface area (Å²) in [5, 5.41) is 12.3. The van der Waals surface area contributed by atoms with Gasteiger partial charge in [-0.1, -0.05) is 41.4 Å². The Morgan fingerprint density at radius 2 is 1.77 bits per heavy atom. The fourth-order valence-electron chi connectivity index (χ4n) is 4.20. The van der Waals surface area contributed by atoms with Crippen molar-refractivity contribution in [1.29, 1.82) is 0 Å². The summed E-state index contributed by atoms with van der Waals surface area (Å²) in [4.78, 5) is 18.2. The van der Waals surface area contributed by atoms with E-state index in [9.17, 15) is 4.79 Å². The molecule has 2 heterocycles. The van der Waals surface area contributed by atoms with E-state index >= 15 is 0 Å². The van der Waals surface area contributed by atoms with Crippen molar-refractivity contribution >= 4 is 28.9 Å². The molecule has 1 aliphatic heterocycles. The lowest BCUT2D eigenvalue weighted by molar-refractivity contribution is -0.116. The van der Waals surface area contributed by atoms with Crippen LogP contribution in [0.1, 0.15) is 40.8 Å². The number of halogens is 1. The van der Waals surface area contributed by atoms with Crippen molar-refractivity contribution in [2.45, 2.75) is 26.3 Å². The second-order valence-electron chi connectivity index (χ2n) is 8.44. The van der Waals surface area contributed by atoms with Crippen molar-refractivity contribution < 1.29 is 9.53 Å². The number of aryl methyl sites for hydroxylation is 2. The number of rotatable bonds is 5. The second-order valence-corrected chi connectivity index (χ2v) is 8.88. The Labute approximate surface area is 208 Å². The number of aliphatic imine (C=N–C) groups is 1. The minimum Gasteiger partial charge on any atom is -0.497 e. The fourth-order valence-corrected chi connectivity index (χ4v) is 4.33. The average Bonchev–Trinajstić information content (AvgIpc) is 3.18. The first-order chi connectivity index (χ1) is 16.9. The van der Waals surface area contributed by atoms with E-state index < -0.39 is 6.04 Å². The van der Waals surface area contributed by atoms with Gasteiger partial charge in [0, 0.05) is 21.8 Å². The molecule has 1 atom stereocenters. The van der Waals surface area contributed by atoms with Crippen molar-refractivity contribution in [2.24, 2.45) is 4.99 Å². The van der Waals surface area contributed by atoms with E-state index in [2.05, 4.69) is 15.5 Å². The summed E-state index contributed by atoms with van der Waals surface area (Å²) < 4.78 is 7.47. The topological polar surface area (TPSA) is 81.4 Å². The van der Waals surface area contributed by atoms with Crippen LogP contribution < -0.4 is 10.1 Å². The minimum atomic E-state index is -0.550. The van der Waals surface area contributed by atoms with E-state index in [1.807, 2.05) is 85.1 Å². The number of carbonyl (C=O) groups excluding carboxylic acids is 1. The molecule has 8 heteroatoms. The molecule has 0 spiro atoms. The lowest BCUT2D eigenvalue weighted by Gasteiger charge is -2.14. The van der Waals surface area contributed by atoms with Crippen LogP contribution >= 0.6 is 11.6 Å². The highest BCUT2D eigenvalue weighted by molar-refractivity contribution is 6.30. The van der Waals surface area contributed by atoms with Gasteiger partial charge in [0.2, 0.25) is 5.91 Å². The van der Waals surface area contributed by atoms with Crippen LogP contribution in [0.4, 0.5) is 5.69 Å². The third kappa shape index (κ3) is 4.55. The van der Waals surface area contributed by atoms with Gasteiger partial charge in [-0.05, 0) is 56.3 Å². The van der Waals surface area contributed by atoms with E-state index in [1.54, 1.807) is 7.11 Å². The molecule has 0 unspecified atom stereocenters. The van der Waals surface area contributed by atoms with Crippen molar-refractivity contribution in [1.82, 2.24) is 14.8 Å². The summed E-state index contributed by atoms with van der Waals surface area (Å²) in [6.07, 6.45) is 0.105. The number of fused-ring (bicyclic) bond motifs is 3. The number of anilines is 1. The number of carbonyl (C=O) groups is 1. The Hall–Kier alpha value is -3.97. The Kier molecular flexibility index (Phi) is 6.09. The minimum absolute atomic E-state index is 0.105. The predicted octanol–water partition coefficient (Wildman–Crippen LogP) is 5.47. The summed E-state index contributed by atoms with van der Waals surface area (Å²) in [5.41, 5.74) is 5.20. The van der Waals surface area contributed by atoms with E-state index in [1.165, 1.54) is 0 Å². The lowest BCUT2D eigenvalue weighted by atomic mass is 10.00. The largest absolute Gasteiger partial charge is 0.497 e. The molecule has 0 saturated heterocycles. The first-order valence-corrected chi connectivity index (χ1v) is 11.6. The zero-order valence-electron chi connectivity index (χ0n) is 19.6. The Bertz CT molecular complexity index is 1430. The normalized spacial score (nSPS) is 14.4.